The van der Waals surface area contributed by atoms with E-state index in [0.29, 0.717) is 19.4 Å². The van der Waals surface area contributed by atoms with Crippen molar-refractivity contribution in [3.05, 3.63) is 35.4 Å². The number of carbonyl (C=O) groups excluding carboxylic acids is 1. The predicted molar refractivity (Wildman–Crippen MR) is 79.9 cm³/mol. The second-order valence-corrected chi connectivity index (χ2v) is 5.77. The van der Waals surface area contributed by atoms with E-state index in [0.717, 1.165) is 17.5 Å². The molecule has 2 N–H and O–H groups in total. The van der Waals surface area contributed by atoms with Crippen LogP contribution in [0.1, 0.15) is 30.4 Å². The highest BCUT2D eigenvalue weighted by Gasteiger charge is 2.44. The molecule has 1 aliphatic rings. The maximum absolute atomic E-state index is 12.1. The molecule has 0 saturated heterocycles. The van der Waals surface area contributed by atoms with Gasteiger partial charge in [0.25, 0.3) is 0 Å². The highest BCUT2D eigenvalue weighted by molar-refractivity contribution is 5.83. The van der Waals surface area contributed by atoms with E-state index in [1.807, 2.05) is 31.2 Å². The van der Waals surface area contributed by atoms with Gasteiger partial charge in [-0.25, -0.2) is 0 Å². The third-order valence-electron chi connectivity index (χ3n) is 4.29. The van der Waals surface area contributed by atoms with Crippen molar-refractivity contribution in [2.45, 2.75) is 38.3 Å². The number of nitrogens with zero attached hydrogens (tertiary/aromatic N) is 1. The van der Waals surface area contributed by atoms with Crippen LogP contribution < -0.4 is 5.32 Å². The van der Waals surface area contributed by atoms with Crippen molar-refractivity contribution in [3.8, 4) is 0 Å². The van der Waals surface area contributed by atoms with Gasteiger partial charge in [0, 0.05) is 13.6 Å². The molecule has 1 aromatic carbocycles. The van der Waals surface area contributed by atoms with Crippen LogP contribution in [0.25, 0.3) is 0 Å². The van der Waals surface area contributed by atoms with Crippen molar-refractivity contribution >= 4 is 11.9 Å². The summed E-state index contributed by atoms with van der Waals surface area (Å²) in [5.41, 5.74) is 1.36. The molecule has 0 unspecified atom stereocenters. The number of amides is 1. The lowest BCUT2D eigenvalue weighted by Gasteiger charge is -2.38. The highest BCUT2D eigenvalue weighted by Crippen LogP contribution is 2.31. The molecular formula is C16H22N2O3. The first-order valence-corrected chi connectivity index (χ1v) is 7.21. The van der Waals surface area contributed by atoms with Crippen molar-refractivity contribution < 1.29 is 14.7 Å². The fraction of sp³-hybridized carbons (Fsp3) is 0.500. The average molecular weight is 290 g/mol. The number of benzene rings is 1. The molecule has 0 heterocycles. The number of hydrogen-bond acceptors (Lipinski definition) is 3. The number of nitrogens with one attached hydrogen (secondary N) is 1. The second-order valence-electron chi connectivity index (χ2n) is 5.77. The van der Waals surface area contributed by atoms with Gasteiger partial charge >= 0.3 is 5.97 Å². The Kier molecular flexibility index (Phi) is 4.63. The Balaban J connectivity index is 1.88. The number of carbonyl (C=O) groups is 2. The molecule has 0 atom stereocenters. The van der Waals surface area contributed by atoms with E-state index in [-0.39, 0.29) is 12.5 Å². The van der Waals surface area contributed by atoms with Crippen LogP contribution in [0.2, 0.25) is 0 Å². The Labute approximate surface area is 125 Å². The van der Waals surface area contributed by atoms with Crippen LogP contribution in [0.4, 0.5) is 0 Å². The molecule has 2 rings (SSSR count). The number of likely N-dealkylation sites (N-methyl/N-ethyl adjacent to an activating group) is 1. The lowest BCUT2D eigenvalue weighted by molar-refractivity contribution is -0.149. The van der Waals surface area contributed by atoms with Crippen LogP contribution in [-0.2, 0) is 16.1 Å². The summed E-state index contributed by atoms with van der Waals surface area (Å²) in [5.74, 6) is -0.950. The van der Waals surface area contributed by atoms with Crippen molar-refractivity contribution in [1.82, 2.24) is 10.2 Å². The first-order valence-electron chi connectivity index (χ1n) is 7.21. The van der Waals surface area contributed by atoms with E-state index in [4.69, 9.17) is 0 Å². The van der Waals surface area contributed by atoms with Gasteiger partial charge in [-0.3, -0.25) is 14.9 Å². The summed E-state index contributed by atoms with van der Waals surface area (Å²) >= 11 is 0. The summed E-state index contributed by atoms with van der Waals surface area (Å²) in [7, 11) is 1.74. The fourth-order valence-electron chi connectivity index (χ4n) is 2.51. The Hall–Kier alpha value is -1.88. The zero-order valence-electron chi connectivity index (χ0n) is 12.6. The summed E-state index contributed by atoms with van der Waals surface area (Å²) in [6.45, 7) is 2.61. The number of carboxylic acids is 1. The Morgan fingerprint density at radius 2 is 2.00 bits per heavy atom. The third-order valence-corrected chi connectivity index (χ3v) is 4.29. The quantitative estimate of drug-likeness (QED) is 0.834. The molecule has 0 aliphatic heterocycles. The zero-order chi connectivity index (χ0) is 15.5. The topological polar surface area (TPSA) is 69.6 Å². The van der Waals surface area contributed by atoms with E-state index < -0.39 is 11.5 Å². The number of aliphatic carboxylic acids is 1. The van der Waals surface area contributed by atoms with Gasteiger partial charge in [0.2, 0.25) is 5.91 Å². The second kappa shape index (κ2) is 6.26. The molecule has 0 spiro atoms. The van der Waals surface area contributed by atoms with Crippen LogP contribution in [0.3, 0.4) is 0 Å². The summed E-state index contributed by atoms with van der Waals surface area (Å²) in [6.07, 6.45) is 2.08. The van der Waals surface area contributed by atoms with Crippen LogP contribution in [0, 0.1) is 6.92 Å². The minimum absolute atomic E-state index is 0.0642. The molecule has 1 aliphatic carbocycles. The van der Waals surface area contributed by atoms with Crippen molar-refractivity contribution in [2.24, 2.45) is 0 Å². The lowest BCUT2D eigenvalue weighted by atomic mass is 9.77. The summed E-state index contributed by atoms with van der Waals surface area (Å²) in [6, 6.07) is 7.93. The molecule has 0 aromatic heterocycles. The summed E-state index contributed by atoms with van der Waals surface area (Å²) in [5, 5.41) is 12.1. The number of hydrogen-bond donors (Lipinski definition) is 2. The Bertz CT molecular complexity index is 538. The third kappa shape index (κ3) is 3.42. The smallest absolute Gasteiger partial charge is 0.323 e. The van der Waals surface area contributed by atoms with E-state index in [9.17, 15) is 14.7 Å². The van der Waals surface area contributed by atoms with Crippen molar-refractivity contribution in [3.63, 3.8) is 0 Å². The van der Waals surface area contributed by atoms with E-state index in [2.05, 4.69) is 5.32 Å². The van der Waals surface area contributed by atoms with Gasteiger partial charge in [-0.05, 0) is 37.3 Å². The van der Waals surface area contributed by atoms with E-state index in [1.165, 1.54) is 0 Å². The van der Waals surface area contributed by atoms with Gasteiger partial charge in [-0.1, -0.05) is 24.3 Å². The van der Waals surface area contributed by atoms with Crippen LogP contribution >= 0.6 is 0 Å². The maximum Gasteiger partial charge on any atom is 0.323 e. The van der Waals surface area contributed by atoms with Gasteiger partial charge < -0.3 is 10.0 Å². The molecule has 1 fully saturated rings. The zero-order valence-corrected chi connectivity index (χ0v) is 12.6. The lowest BCUT2D eigenvalue weighted by Crippen LogP contribution is -2.59. The number of rotatable bonds is 6. The molecule has 1 saturated carbocycles. The highest BCUT2D eigenvalue weighted by atomic mass is 16.4. The van der Waals surface area contributed by atoms with Crippen molar-refractivity contribution in [2.75, 3.05) is 13.6 Å². The monoisotopic (exact) mass is 290 g/mol. The maximum atomic E-state index is 12.1. The predicted octanol–water partition coefficient (Wildman–Crippen LogP) is 1.55. The molecule has 114 valence electrons. The Morgan fingerprint density at radius 3 is 2.52 bits per heavy atom. The largest absolute Gasteiger partial charge is 0.480 e. The van der Waals surface area contributed by atoms with Gasteiger partial charge in [-0.2, -0.15) is 0 Å². The van der Waals surface area contributed by atoms with Crippen LogP contribution in [-0.4, -0.2) is 41.0 Å². The summed E-state index contributed by atoms with van der Waals surface area (Å²) < 4.78 is 0. The minimum Gasteiger partial charge on any atom is -0.480 e. The van der Waals surface area contributed by atoms with Gasteiger partial charge in [0.1, 0.15) is 5.54 Å². The first-order chi connectivity index (χ1) is 9.94. The standard InChI is InChI=1S/C16H22N2O3/c1-12-6-3-4-7-13(12)11-18(2)14(19)10-17-16(15(20)21)8-5-9-16/h3-4,6-7,17H,5,8-11H2,1-2H3,(H,20,21). The SMILES string of the molecule is Cc1ccccc1CN(C)C(=O)CNC1(C(=O)O)CCC1. The number of aryl methyl sites for hydroxylation is 1. The van der Waals surface area contributed by atoms with Crippen LogP contribution in [0.15, 0.2) is 24.3 Å². The normalized spacial score (nSPS) is 16.1. The molecule has 0 radical (unpaired) electrons. The number of carboxylic acid groups (broad SMARTS) is 1. The van der Waals surface area contributed by atoms with E-state index >= 15 is 0 Å². The minimum atomic E-state index is -0.890. The van der Waals surface area contributed by atoms with Gasteiger partial charge in [-0.15, -0.1) is 0 Å². The molecule has 21 heavy (non-hydrogen) atoms. The van der Waals surface area contributed by atoms with Crippen molar-refractivity contribution in [1.29, 1.82) is 0 Å². The average Bonchev–Trinajstić information content (AvgIpc) is 2.39. The van der Waals surface area contributed by atoms with Gasteiger partial charge in [0.05, 0.1) is 6.54 Å². The molecular weight excluding hydrogens is 268 g/mol. The molecule has 0 bridgehead atoms. The molecule has 1 aromatic rings. The van der Waals surface area contributed by atoms with Gasteiger partial charge in [0.15, 0.2) is 0 Å². The summed E-state index contributed by atoms with van der Waals surface area (Å²) in [4.78, 5) is 25.0. The van der Waals surface area contributed by atoms with Crippen LogP contribution in [0.5, 0.6) is 0 Å². The fourth-order valence-corrected chi connectivity index (χ4v) is 2.51. The van der Waals surface area contributed by atoms with E-state index in [1.54, 1.807) is 11.9 Å². The first kappa shape index (κ1) is 15.5. The molecule has 1 amide bonds. The molecule has 5 heteroatoms. The Morgan fingerprint density at radius 1 is 1.33 bits per heavy atom. The molecule has 5 nitrogen and oxygen atoms in total.